The number of hydrogen-bond donors (Lipinski definition) is 2. The molecule has 0 aliphatic carbocycles. The number of piperidine rings is 1. The van der Waals surface area contributed by atoms with Gasteiger partial charge < -0.3 is 10.6 Å². The molecule has 2 rings (SSSR count). The summed E-state index contributed by atoms with van der Waals surface area (Å²) in [5, 5.41) is 17.2. The van der Waals surface area contributed by atoms with Crippen molar-refractivity contribution in [2.24, 2.45) is 5.92 Å². The number of carbonyl (C=O) groups excluding carboxylic acids is 1. The molecule has 114 valence electrons. The SMILES string of the molecule is CSc1ccc(C(=O)NC2CNCCC2C)cc1[N+](=O)[O-]. The van der Waals surface area contributed by atoms with Crippen molar-refractivity contribution in [2.75, 3.05) is 19.3 Å². The monoisotopic (exact) mass is 309 g/mol. The van der Waals surface area contributed by atoms with Gasteiger partial charge in [0.2, 0.25) is 0 Å². The molecule has 1 fully saturated rings. The first-order chi connectivity index (χ1) is 10.0. The Morgan fingerprint density at radius 3 is 2.90 bits per heavy atom. The van der Waals surface area contributed by atoms with E-state index in [9.17, 15) is 14.9 Å². The normalized spacial score (nSPS) is 21.8. The Morgan fingerprint density at radius 2 is 2.29 bits per heavy atom. The van der Waals surface area contributed by atoms with Gasteiger partial charge in [0.05, 0.1) is 9.82 Å². The maximum absolute atomic E-state index is 12.3. The second-order valence-electron chi connectivity index (χ2n) is 5.19. The summed E-state index contributed by atoms with van der Waals surface area (Å²) in [5.41, 5.74) is 0.308. The molecule has 0 saturated carbocycles. The molecule has 1 aliphatic heterocycles. The molecule has 0 aromatic heterocycles. The summed E-state index contributed by atoms with van der Waals surface area (Å²) < 4.78 is 0. The summed E-state index contributed by atoms with van der Waals surface area (Å²) in [6, 6.07) is 4.67. The Labute approximate surface area is 127 Å². The number of carbonyl (C=O) groups is 1. The van der Waals surface area contributed by atoms with Gasteiger partial charge in [0.25, 0.3) is 11.6 Å². The summed E-state index contributed by atoms with van der Waals surface area (Å²) in [4.78, 5) is 23.4. The molecule has 1 amide bonds. The van der Waals surface area contributed by atoms with Gasteiger partial charge in [0.15, 0.2) is 0 Å². The van der Waals surface area contributed by atoms with E-state index in [1.54, 1.807) is 18.4 Å². The molecule has 2 unspecified atom stereocenters. The molecule has 0 radical (unpaired) electrons. The maximum atomic E-state index is 12.3. The van der Waals surface area contributed by atoms with E-state index in [1.807, 2.05) is 0 Å². The first-order valence-corrected chi connectivity index (χ1v) is 8.09. The number of nitro benzene ring substituents is 1. The van der Waals surface area contributed by atoms with E-state index in [-0.39, 0.29) is 17.6 Å². The molecule has 6 nitrogen and oxygen atoms in total. The molecule has 2 N–H and O–H groups in total. The molecule has 0 bridgehead atoms. The minimum Gasteiger partial charge on any atom is -0.348 e. The van der Waals surface area contributed by atoms with Crippen LogP contribution < -0.4 is 10.6 Å². The van der Waals surface area contributed by atoms with E-state index in [0.29, 0.717) is 16.4 Å². The van der Waals surface area contributed by atoms with Crippen LogP contribution >= 0.6 is 11.8 Å². The van der Waals surface area contributed by atoms with Crippen molar-refractivity contribution in [3.8, 4) is 0 Å². The first kappa shape index (κ1) is 15.8. The highest BCUT2D eigenvalue weighted by Crippen LogP contribution is 2.28. The van der Waals surface area contributed by atoms with Gasteiger partial charge in [-0.1, -0.05) is 6.92 Å². The highest BCUT2D eigenvalue weighted by atomic mass is 32.2. The zero-order valence-corrected chi connectivity index (χ0v) is 12.9. The topological polar surface area (TPSA) is 84.3 Å². The lowest BCUT2D eigenvalue weighted by Crippen LogP contribution is -2.50. The number of nitrogens with one attached hydrogen (secondary N) is 2. The Balaban J connectivity index is 2.15. The maximum Gasteiger partial charge on any atom is 0.283 e. The average Bonchev–Trinajstić information content (AvgIpc) is 2.48. The number of nitro groups is 1. The summed E-state index contributed by atoms with van der Waals surface area (Å²) in [5.74, 6) is 0.141. The number of benzene rings is 1. The molecule has 1 heterocycles. The van der Waals surface area contributed by atoms with Gasteiger partial charge in [0, 0.05) is 24.2 Å². The number of rotatable bonds is 4. The molecular formula is C14H19N3O3S. The van der Waals surface area contributed by atoms with Crippen LogP contribution in [0.4, 0.5) is 5.69 Å². The third-order valence-electron chi connectivity index (χ3n) is 3.78. The van der Waals surface area contributed by atoms with Gasteiger partial charge in [-0.05, 0) is 37.3 Å². The van der Waals surface area contributed by atoms with Crippen molar-refractivity contribution in [1.82, 2.24) is 10.6 Å². The Morgan fingerprint density at radius 1 is 1.52 bits per heavy atom. The predicted octanol–water partition coefficient (Wildman–Crippen LogP) is 2.04. The van der Waals surface area contributed by atoms with Gasteiger partial charge in [-0.15, -0.1) is 11.8 Å². The van der Waals surface area contributed by atoms with Gasteiger partial charge in [-0.3, -0.25) is 14.9 Å². The standard InChI is InChI=1S/C14H19N3O3S/c1-9-5-6-15-8-11(9)16-14(18)10-3-4-13(21-2)12(7-10)17(19)20/h3-4,7,9,11,15H,5-6,8H2,1-2H3,(H,16,18). The Bertz CT molecular complexity index is 550. The molecule has 0 spiro atoms. The van der Waals surface area contributed by atoms with Crippen LogP contribution in [0, 0.1) is 16.0 Å². The van der Waals surface area contributed by atoms with Crippen LogP contribution in [0.5, 0.6) is 0 Å². The smallest absolute Gasteiger partial charge is 0.283 e. The lowest BCUT2D eigenvalue weighted by atomic mass is 9.94. The zero-order chi connectivity index (χ0) is 15.4. The van der Waals surface area contributed by atoms with Gasteiger partial charge in [-0.25, -0.2) is 0 Å². The van der Waals surface area contributed by atoms with Crippen LogP contribution in [0.1, 0.15) is 23.7 Å². The van der Waals surface area contributed by atoms with Crippen LogP contribution in [0.15, 0.2) is 23.1 Å². The van der Waals surface area contributed by atoms with Crippen LogP contribution in [0.25, 0.3) is 0 Å². The van der Waals surface area contributed by atoms with Crippen molar-refractivity contribution in [3.05, 3.63) is 33.9 Å². The molecule has 1 aliphatic rings. The van der Waals surface area contributed by atoms with Crippen molar-refractivity contribution in [2.45, 2.75) is 24.3 Å². The fourth-order valence-electron chi connectivity index (χ4n) is 2.41. The molecular weight excluding hydrogens is 290 g/mol. The van der Waals surface area contributed by atoms with Crippen LogP contribution in [-0.2, 0) is 0 Å². The first-order valence-electron chi connectivity index (χ1n) is 6.87. The van der Waals surface area contributed by atoms with Crippen molar-refractivity contribution < 1.29 is 9.72 Å². The molecule has 1 aromatic rings. The van der Waals surface area contributed by atoms with E-state index >= 15 is 0 Å². The molecule has 2 atom stereocenters. The van der Waals surface area contributed by atoms with Crippen molar-refractivity contribution >= 4 is 23.4 Å². The minimum atomic E-state index is -0.451. The Kier molecular flexibility index (Phi) is 5.19. The highest BCUT2D eigenvalue weighted by Gasteiger charge is 2.24. The molecule has 21 heavy (non-hydrogen) atoms. The third-order valence-corrected chi connectivity index (χ3v) is 4.57. The predicted molar refractivity (Wildman–Crippen MR) is 82.8 cm³/mol. The fraction of sp³-hybridized carbons (Fsp3) is 0.500. The second-order valence-corrected chi connectivity index (χ2v) is 6.04. The van der Waals surface area contributed by atoms with E-state index in [2.05, 4.69) is 17.6 Å². The molecule has 1 aromatic carbocycles. The number of nitrogens with zero attached hydrogens (tertiary/aromatic N) is 1. The summed E-state index contributed by atoms with van der Waals surface area (Å²) >= 11 is 1.30. The van der Waals surface area contributed by atoms with Crippen molar-refractivity contribution in [3.63, 3.8) is 0 Å². The van der Waals surface area contributed by atoms with Crippen LogP contribution in [0.2, 0.25) is 0 Å². The van der Waals surface area contributed by atoms with E-state index < -0.39 is 4.92 Å². The third kappa shape index (κ3) is 3.74. The number of hydrogen-bond acceptors (Lipinski definition) is 5. The average molecular weight is 309 g/mol. The van der Waals surface area contributed by atoms with E-state index in [1.165, 1.54) is 17.8 Å². The minimum absolute atomic E-state index is 0.0232. The van der Waals surface area contributed by atoms with Crippen LogP contribution in [-0.4, -0.2) is 36.2 Å². The summed E-state index contributed by atoms with van der Waals surface area (Å²) in [6.45, 7) is 3.80. The van der Waals surface area contributed by atoms with Gasteiger partial charge in [-0.2, -0.15) is 0 Å². The van der Waals surface area contributed by atoms with Gasteiger partial charge >= 0.3 is 0 Å². The molecule has 1 saturated heterocycles. The van der Waals surface area contributed by atoms with Crippen molar-refractivity contribution in [1.29, 1.82) is 0 Å². The Hall–Kier alpha value is -1.60. The highest BCUT2D eigenvalue weighted by molar-refractivity contribution is 7.98. The van der Waals surface area contributed by atoms with E-state index in [0.717, 1.165) is 19.5 Å². The largest absolute Gasteiger partial charge is 0.348 e. The quantitative estimate of drug-likeness (QED) is 0.505. The fourth-order valence-corrected chi connectivity index (χ4v) is 2.96. The lowest BCUT2D eigenvalue weighted by Gasteiger charge is -2.30. The summed E-state index contributed by atoms with van der Waals surface area (Å²) in [6.07, 6.45) is 2.79. The lowest BCUT2D eigenvalue weighted by molar-refractivity contribution is -0.387. The zero-order valence-electron chi connectivity index (χ0n) is 12.1. The number of thioether (sulfide) groups is 1. The van der Waals surface area contributed by atoms with Gasteiger partial charge in [0.1, 0.15) is 0 Å². The second kappa shape index (κ2) is 6.91. The molecule has 7 heteroatoms. The van der Waals surface area contributed by atoms with Crippen LogP contribution in [0.3, 0.4) is 0 Å². The number of amides is 1. The van der Waals surface area contributed by atoms with E-state index in [4.69, 9.17) is 0 Å². The summed E-state index contributed by atoms with van der Waals surface area (Å²) in [7, 11) is 0.